The molecule has 0 aliphatic heterocycles. The second-order valence-corrected chi connectivity index (χ2v) is 4.91. The van der Waals surface area contributed by atoms with E-state index in [4.69, 9.17) is 4.74 Å². The van der Waals surface area contributed by atoms with E-state index in [1.54, 1.807) is 18.2 Å². The van der Waals surface area contributed by atoms with Crippen LogP contribution in [0.5, 0.6) is 5.75 Å². The first-order valence-corrected chi connectivity index (χ1v) is 7.07. The third-order valence-corrected chi connectivity index (χ3v) is 3.37. The summed E-state index contributed by atoms with van der Waals surface area (Å²) in [7, 11) is 0. The van der Waals surface area contributed by atoms with Crippen LogP contribution in [-0.4, -0.2) is 22.1 Å². The number of rotatable bonds is 6. The van der Waals surface area contributed by atoms with E-state index in [0.29, 0.717) is 17.9 Å². The molecule has 2 rings (SSSR count). The second-order valence-electron chi connectivity index (χ2n) is 4.54. The van der Waals surface area contributed by atoms with Gasteiger partial charge in [0, 0.05) is 5.75 Å². The van der Waals surface area contributed by atoms with E-state index in [1.807, 2.05) is 36.4 Å². The summed E-state index contributed by atoms with van der Waals surface area (Å²) >= 11 is 3.98. The van der Waals surface area contributed by atoms with Gasteiger partial charge in [-0.2, -0.15) is 12.6 Å². The number of hydrogen-bond donors (Lipinski definition) is 3. The minimum absolute atomic E-state index is 0.205. The van der Waals surface area contributed by atoms with Gasteiger partial charge < -0.3 is 14.9 Å². The Bertz CT molecular complexity index is 530. The van der Waals surface area contributed by atoms with Crippen molar-refractivity contribution >= 4 is 12.6 Å². The molecule has 0 heterocycles. The van der Waals surface area contributed by atoms with Crippen molar-refractivity contribution in [3.63, 3.8) is 0 Å². The van der Waals surface area contributed by atoms with Crippen LogP contribution in [0, 0.1) is 0 Å². The molecule has 0 radical (unpaired) electrons. The average Bonchev–Trinajstić information content (AvgIpc) is 2.52. The molecule has 2 aromatic rings. The first-order valence-electron chi connectivity index (χ1n) is 6.44. The Kier molecular flexibility index (Phi) is 5.47. The number of benzene rings is 2. The molecule has 2 N–H and O–H groups in total. The van der Waals surface area contributed by atoms with Crippen molar-refractivity contribution in [1.82, 2.24) is 0 Å². The van der Waals surface area contributed by atoms with Crippen molar-refractivity contribution in [2.24, 2.45) is 0 Å². The first kappa shape index (κ1) is 14.9. The van der Waals surface area contributed by atoms with E-state index in [0.717, 1.165) is 5.56 Å². The number of ether oxygens (including phenoxy) is 1. The molecule has 0 saturated heterocycles. The molecule has 0 amide bonds. The Morgan fingerprint density at radius 3 is 2.45 bits per heavy atom. The van der Waals surface area contributed by atoms with Gasteiger partial charge in [0.1, 0.15) is 18.5 Å². The lowest BCUT2D eigenvalue weighted by Crippen LogP contribution is -2.19. The fourth-order valence-electron chi connectivity index (χ4n) is 1.85. The van der Waals surface area contributed by atoms with E-state index in [1.165, 1.54) is 0 Å². The molecule has 106 valence electrons. The quantitative estimate of drug-likeness (QED) is 0.717. The second kappa shape index (κ2) is 7.33. The van der Waals surface area contributed by atoms with Gasteiger partial charge in [0.2, 0.25) is 0 Å². The molecule has 0 spiro atoms. The highest BCUT2D eigenvalue weighted by Gasteiger charge is 2.17. The molecular weight excluding hydrogens is 272 g/mol. The lowest BCUT2D eigenvalue weighted by molar-refractivity contribution is 0.0336. The molecular formula is C16H18O3S. The van der Waals surface area contributed by atoms with Gasteiger partial charge in [-0.15, -0.1) is 0 Å². The summed E-state index contributed by atoms with van der Waals surface area (Å²) in [5, 5.41) is 19.6. The number of aliphatic hydroxyl groups excluding tert-OH is 2. The number of thiol groups is 1. The van der Waals surface area contributed by atoms with Gasteiger partial charge in [0.15, 0.2) is 0 Å². The predicted molar refractivity (Wildman–Crippen MR) is 82.0 cm³/mol. The summed E-state index contributed by atoms with van der Waals surface area (Å²) in [6.45, 7) is 0.468. The maximum Gasteiger partial charge on any atom is 0.120 e. The Morgan fingerprint density at radius 1 is 1.00 bits per heavy atom. The highest BCUT2D eigenvalue weighted by Crippen LogP contribution is 2.23. The van der Waals surface area contributed by atoms with Gasteiger partial charge in [0.25, 0.3) is 0 Å². The molecule has 0 aliphatic carbocycles. The molecule has 2 unspecified atom stereocenters. The maximum atomic E-state index is 9.94. The Labute approximate surface area is 124 Å². The van der Waals surface area contributed by atoms with Crippen molar-refractivity contribution in [3.05, 3.63) is 65.7 Å². The summed E-state index contributed by atoms with van der Waals surface area (Å²) in [6, 6.07) is 17.0. The van der Waals surface area contributed by atoms with E-state index in [9.17, 15) is 10.2 Å². The van der Waals surface area contributed by atoms with Gasteiger partial charge >= 0.3 is 0 Å². The van der Waals surface area contributed by atoms with Crippen LogP contribution in [-0.2, 0) is 6.61 Å². The van der Waals surface area contributed by atoms with Crippen molar-refractivity contribution in [3.8, 4) is 5.75 Å². The van der Waals surface area contributed by atoms with Crippen LogP contribution < -0.4 is 4.74 Å². The van der Waals surface area contributed by atoms with Crippen LogP contribution in [0.2, 0.25) is 0 Å². The van der Waals surface area contributed by atoms with Crippen LogP contribution >= 0.6 is 12.6 Å². The van der Waals surface area contributed by atoms with Crippen molar-refractivity contribution < 1.29 is 14.9 Å². The van der Waals surface area contributed by atoms with Crippen molar-refractivity contribution in [1.29, 1.82) is 0 Å². The summed E-state index contributed by atoms with van der Waals surface area (Å²) in [5.74, 6) is 0.868. The summed E-state index contributed by atoms with van der Waals surface area (Å²) in [4.78, 5) is 0. The third kappa shape index (κ3) is 4.00. The highest BCUT2D eigenvalue weighted by molar-refractivity contribution is 7.80. The van der Waals surface area contributed by atoms with Gasteiger partial charge in [-0.05, 0) is 23.3 Å². The van der Waals surface area contributed by atoms with Gasteiger partial charge in [-0.1, -0.05) is 42.5 Å². The van der Waals surface area contributed by atoms with Crippen molar-refractivity contribution in [2.45, 2.75) is 18.8 Å². The molecule has 20 heavy (non-hydrogen) atoms. The molecule has 0 saturated carbocycles. The Hall–Kier alpha value is -1.49. The van der Waals surface area contributed by atoms with Crippen LogP contribution in [0.3, 0.4) is 0 Å². The fourth-order valence-corrected chi connectivity index (χ4v) is 2.05. The molecule has 2 atom stereocenters. The highest BCUT2D eigenvalue weighted by atomic mass is 32.1. The third-order valence-electron chi connectivity index (χ3n) is 3.00. The molecule has 0 bridgehead atoms. The van der Waals surface area contributed by atoms with Crippen LogP contribution in [0.25, 0.3) is 0 Å². The average molecular weight is 290 g/mol. The first-order chi connectivity index (χ1) is 9.70. The molecule has 2 aromatic carbocycles. The number of hydrogen-bond acceptors (Lipinski definition) is 4. The van der Waals surface area contributed by atoms with E-state index in [2.05, 4.69) is 12.6 Å². The molecule has 4 heteroatoms. The predicted octanol–water partition coefficient (Wildman–Crippen LogP) is 2.59. The summed E-state index contributed by atoms with van der Waals surface area (Å²) in [6.07, 6.45) is -1.84. The lowest BCUT2D eigenvalue weighted by Gasteiger charge is -2.17. The molecule has 0 aliphatic rings. The van der Waals surface area contributed by atoms with Crippen LogP contribution in [0.4, 0.5) is 0 Å². The maximum absolute atomic E-state index is 9.94. The zero-order valence-electron chi connectivity index (χ0n) is 11.0. The number of aliphatic hydroxyl groups is 2. The molecule has 3 nitrogen and oxygen atoms in total. The van der Waals surface area contributed by atoms with Gasteiger partial charge in [0.05, 0.1) is 6.10 Å². The minimum atomic E-state index is -0.951. The lowest BCUT2D eigenvalue weighted by atomic mass is 10.1. The van der Waals surface area contributed by atoms with Gasteiger partial charge in [-0.25, -0.2) is 0 Å². The van der Waals surface area contributed by atoms with E-state index in [-0.39, 0.29) is 5.75 Å². The zero-order chi connectivity index (χ0) is 14.4. The largest absolute Gasteiger partial charge is 0.489 e. The zero-order valence-corrected chi connectivity index (χ0v) is 11.9. The van der Waals surface area contributed by atoms with Gasteiger partial charge in [-0.3, -0.25) is 0 Å². The fraction of sp³-hybridized carbons (Fsp3) is 0.250. The van der Waals surface area contributed by atoms with Crippen LogP contribution in [0.1, 0.15) is 17.2 Å². The monoisotopic (exact) mass is 290 g/mol. The van der Waals surface area contributed by atoms with Crippen molar-refractivity contribution in [2.75, 3.05) is 5.75 Å². The SMILES string of the molecule is OC(CS)C(O)c1cccc(OCc2ccccc2)c1. The summed E-state index contributed by atoms with van der Waals surface area (Å²) < 4.78 is 5.68. The Balaban J connectivity index is 2.03. The Morgan fingerprint density at radius 2 is 1.75 bits per heavy atom. The van der Waals surface area contributed by atoms with Crippen LogP contribution in [0.15, 0.2) is 54.6 Å². The van der Waals surface area contributed by atoms with E-state index < -0.39 is 12.2 Å². The topological polar surface area (TPSA) is 49.7 Å². The molecule has 0 aromatic heterocycles. The van der Waals surface area contributed by atoms with E-state index >= 15 is 0 Å². The smallest absolute Gasteiger partial charge is 0.120 e. The summed E-state index contributed by atoms with van der Waals surface area (Å²) in [5.41, 5.74) is 1.70. The minimum Gasteiger partial charge on any atom is -0.489 e. The standard InChI is InChI=1S/C16H18O3S/c17-15(11-20)16(18)13-7-4-8-14(9-13)19-10-12-5-2-1-3-6-12/h1-9,15-18,20H,10-11H2. The normalized spacial score (nSPS) is 13.8. The molecule has 0 fully saturated rings.